The summed E-state index contributed by atoms with van der Waals surface area (Å²) < 4.78 is 1.49. The number of halogens is 1. The van der Waals surface area contributed by atoms with Crippen LogP contribution >= 0.6 is 11.6 Å². The van der Waals surface area contributed by atoms with Crippen molar-refractivity contribution in [1.29, 1.82) is 0 Å². The van der Waals surface area contributed by atoms with Gasteiger partial charge in [0.15, 0.2) is 5.65 Å². The van der Waals surface area contributed by atoms with Gasteiger partial charge in [0.25, 0.3) is 0 Å². The minimum Gasteiger partial charge on any atom is -0.384 e. The highest BCUT2D eigenvalue weighted by Crippen LogP contribution is 2.09. The van der Waals surface area contributed by atoms with E-state index >= 15 is 0 Å². The molecule has 4 nitrogen and oxygen atoms in total. The minimum absolute atomic E-state index is 0.211. The minimum atomic E-state index is 0.211. The first kappa shape index (κ1) is 6.42. The standard InChI is InChI=1S/C6H5ClN4/c7-6-9-5-3-1-2-4(8)11(5)10-6/h1-3H,8H2. The SMILES string of the molecule is Nc1cccc2nc(Cl)nn12. The Morgan fingerprint density at radius 3 is 3.00 bits per heavy atom. The third-order valence-corrected chi connectivity index (χ3v) is 1.52. The molecule has 2 rings (SSSR count). The molecule has 11 heavy (non-hydrogen) atoms. The number of hydrogen-bond donors (Lipinski definition) is 1. The van der Waals surface area contributed by atoms with Gasteiger partial charge in [-0.15, -0.1) is 5.10 Å². The molecular weight excluding hydrogens is 164 g/mol. The maximum atomic E-state index is 5.57. The Balaban J connectivity index is 2.90. The van der Waals surface area contributed by atoms with E-state index in [-0.39, 0.29) is 5.28 Å². The Labute approximate surface area is 67.6 Å². The second-order valence-corrected chi connectivity index (χ2v) is 2.44. The van der Waals surface area contributed by atoms with Crippen molar-refractivity contribution < 1.29 is 0 Å². The number of nitrogens with zero attached hydrogens (tertiary/aromatic N) is 3. The lowest BCUT2D eigenvalue weighted by atomic mass is 10.4. The van der Waals surface area contributed by atoms with Crippen LogP contribution in [0.4, 0.5) is 5.82 Å². The maximum Gasteiger partial charge on any atom is 0.243 e. The lowest BCUT2D eigenvalue weighted by molar-refractivity contribution is 0.974. The van der Waals surface area contributed by atoms with Crippen LogP contribution in [0.25, 0.3) is 5.65 Å². The van der Waals surface area contributed by atoms with Crippen molar-refractivity contribution >= 4 is 23.1 Å². The molecular formula is C6H5ClN4. The molecule has 0 spiro atoms. The molecule has 0 aromatic carbocycles. The predicted molar refractivity (Wildman–Crippen MR) is 42.4 cm³/mol. The first-order valence-corrected chi connectivity index (χ1v) is 3.42. The Hall–Kier alpha value is -1.29. The normalized spacial score (nSPS) is 10.6. The van der Waals surface area contributed by atoms with E-state index in [4.69, 9.17) is 17.3 Å². The third kappa shape index (κ3) is 0.914. The van der Waals surface area contributed by atoms with Gasteiger partial charge in [-0.05, 0) is 23.7 Å². The van der Waals surface area contributed by atoms with Gasteiger partial charge in [-0.1, -0.05) is 6.07 Å². The van der Waals surface area contributed by atoms with Crippen molar-refractivity contribution in [3.8, 4) is 0 Å². The lowest BCUT2D eigenvalue weighted by Gasteiger charge is -1.93. The number of anilines is 1. The molecule has 0 unspecified atom stereocenters. The van der Waals surface area contributed by atoms with Crippen LogP contribution in [0.15, 0.2) is 18.2 Å². The Morgan fingerprint density at radius 1 is 1.45 bits per heavy atom. The number of pyridine rings is 1. The van der Waals surface area contributed by atoms with E-state index in [2.05, 4.69) is 10.1 Å². The predicted octanol–water partition coefficient (Wildman–Crippen LogP) is 0.965. The van der Waals surface area contributed by atoms with Crippen LogP contribution in [-0.4, -0.2) is 14.6 Å². The highest BCUT2D eigenvalue weighted by molar-refractivity contribution is 6.28. The Morgan fingerprint density at radius 2 is 2.27 bits per heavy atom. The highest BCUT2D eigenvalue weighted by atomic mass is 35.5. The summed E-state index contributed by atoms with van der Waals surface area (Å²) >= 11 is 5.56. The Kier molecular flexibility index (Phi) is 1.22. The summed E-state index contributed by atoms with van der Waals surface area (Å²) in [5.41, 5.74) is 6.23. The number of nitrogens with two attached hydrogens (primary N) is 1. The molecule has 0 saturated heterocycles. The van der Waals surface area contributed by atoms with Crippen LogP contribution in [0.2, 0.25) is 5.28 Å². The number of nitrogen functional groups attached to an aromatic ring is 1. The maximum absolute atomic E-state index is 5.57. The number of rotatable bonds is 0. The van der Waals surface area contributed by atoms with Gasteiger partial charge in [-0.3, -0.25) is 0 Å². The zero-order valence-electron chi connectivity index (χ0n) is 5.53. The topological polar surface area (TPSA) is 56.2 Å². The molecule has 2 aromatic rings. The van der Waals surface area contributed by atoms with Crippen molar-refractivity contribution in [3.63, 3.8) is 0 Å². The summed E-state index contributed by atoms with van der Waals surface area (Å²) in [5, 5.41) is 4.07. The van der Waals surface area contributed by atoms with Crippen molar-refractivity contribution in [3.05, 3.63) is 23.5 Å². The van der Waals surface area contributed by atoms with Crippen molar-refractivity contribution in [2.45, 2.75) is 0 Å². The second-order valence-electron chi connectivity index (χ2n) is 2.10. The van der Waals surface area contributed by atoms with Gasteiger partial charge in [0.05, 0.1) is 0 Å². The average Bonchev–Trinajstić information content (AvgIpc) is 2.31. The molecule has 2 N–H and O–H groups in total. The fourth-order valence-electron chi connectivity index (χ4n) is 0.899. The highest BCUT2D eigenvalue weighted by Gasteiger charge is 2.00. The molecule has 0 aliphatic rings. The summed E-state index contributed by atoms with van der Waals surface area (Å²) in [6.45, 7) is 0. The van der Waals surface area contributed by atoms with E-state index in [1.807, 2.05) is 0 Å². The number of fused-ring (bicyclic) bond motifs is 1. The zero-order chi connectivity index (χ0) is 7.84. The van der Waals surface area contributed by atoms with E-state index in [9.17, 15) is 0 Å². The van der Waals surface area contributed by atoms with Crippen molar-refractivity contribution in [1.82, 2.24) is 14.6 Å². The van der Waals surface area contributed by atoms with Gasteiger partial charge in [-0.2, -0.15) is 9.50 Å². The molecule has 0 saturated carbocycles. The first-order chi connectivity index (χ1) is 5.27. The monoisotopic (exact) mass is 168 g/mol. The van der Waals surface area contributed by atoms with Crippen LogP contribution in [0.1, 0.15) is 0 Å². The van der Waals surface area contributed by atoms with E-state index in [1.54, 1.807) is 18.2 Å². The van der Waals surface area contributed by atoms with Crippen LogP contribution in [-0.2, 0) is 0 Å². The van der Waals surface area contributed by atoms with Crippen LogP contribution in [0.5, 0.6) is 0 Å². The summed E-state index contributed by atoms with van der Waals surface area (Å²) in [7, 11) is 0. The quantitative estimate of drug-likeness (QED) is 0.638. The van der Waals surface area contributed by atoms with Gasteiger partial charge >= 0.3 is 0 Å². The molecule has 2 heterocycles. The average molecular weight is 169 g/mol. The lowest BCUT2D eigenvalue weighted by Crippen LogP contribution is -1.96. The molecule has 0 fully saturated rings. The van der Waals surface area contributed by atoms with Crippen LogP contribution in [0, 0.1) is 0 Å². The van der Waals surface area contributed by atoms with Gasteiger partial charge in [0.2, 0.25) is 5.28 Å². The summed E-state index contributed by atoms with van der Waals surface area (Å²) in [4.78, 5) is 3.91. The fraction of sp³-hybridized carbons (Fsp3) is 0. The smallest absolute Gasteiger partial charge is 0.243 e. The van der Waals surface area contributed by atoms with Gasteiger partial charge in [-0.25, -0.2) is 0 Å². The van der Waals surface area contributed by atoms with E-state index < -0.39 is 0 Å². The van der Waals surface area contributed by atoms with Gasteiger partial charge in [0.1, 0.15) is 5.82 Å². The van der Waals surface area contributed by atoms with Crippen LogP contribution < -0.4 is 5.73 Å². The van der Waals surface area contributed by atoms with Gasteiger partial charge < -0.3 is 5.73 Å². The third-order valence-electron chi connectivity index (χ3n) is 1.36. The zero-order valence-corrected chi connectivity index (χ0v) is 6.28. The molecule has 56 valence electrons. The van der Waals surface area contributed by atoms with E-state index in [0.717, 1.165) is 0 Å². The summed E-state index contributed by atoms with van der Waals surface area (Å²) in [6, 6.07) is 5.32. The molecule has 0 amide bonds. The number of aromatic nitrogens is 3. The first-order valence-electron chi connectivity index (χ1n) is 3.04. The molecule has 0 radical (unpaired) electrons. The Bertz CT molecular complexity index is 394. The molecule has 0 aliphatic heterocycles. The van der Waals surface area contributed by atoms with Crippen molar-refractivity contribution in [2.24, 2.45) is 0 Å². The molecule has 0 atom stereocenters. The van der Waals surface area contributed by atoms with Crippen LogP contribution in [0.3, 0.4) is 0 Å². The van der Waals surface area contributed by atoms with Crippen molar-refractivity contribution in [2.75, 3.05) is 5.73 Å². The fourth-order valence-corrected chi connectivity index (χ4v) is 1.06. The van der Waals surface area contributed by atoms with E-state index in [0.29, 0.717) is 11.5 Å². The summed E-state index contributed by atoms with van der Waals surface area (Å²) in [5.74, 6) is 0.530. The largest absolute Gasteiger partial charge is 0.384 e. The summed E-state index contributed by atoms with van der Waals surface area (Å²) in [6.07, 6.45) is 0. The second kappa shape index (κ2) is 2.10. The van der Waals surface area contributed by atoms with Gasteiger partial charge in [0, 0.05) is 0 Å². The molecule has 0 aliphatic carbocycles. The molecule has 2 aromatic heterocycles. The molecule has 5 heteroatoms. The molecule has 0 bridgehead atoms. The van der Waals surface area contributed by atoms with E-state index in [1.165, 1.54) is 4.52 Å². The number of hydrogen-bond acceptors (Lipinski definition) is 3.